The van der Waals surface area contributed by atoms with Crippen LogP contribution >= 0.6 is 0 Å². The molecule has 0 bridgehead atoms. The van der Waals surface area contributed by atoms with Gasteiger partial charge in [-0.05, 0) is 109 Å². The lowest BCUT2D eigenvalue weighted by Gasteiger charge is -2.10. The third-order valence-electron chi connectivity index (χ3n) is 10.8. The summed E-state index contributed by atoms with van der Waals surface area (Å²) >= 11 is 0. The Hall–Kier alpha value is -5.30. The molecule has 0 aliphatic heterocycles. The molecule has 0 radical (unpaired) electrons. The van der Waals surface area contributed by atoms with Gasteiger partial charge in [-0.2, -0.15) is 0 Å². The number of aromatic amines is 2. The molecule has 0 unspecified atom stereocenters. The van der Waals surface area contributed by atoms with Crippen LogP contribution < -0.4 is 9.47 Å². The second kappa shape index (κ2) is 17.9. The van der Waals surface area contributed by atoms with Crippen LogP contribution in [0.15, 0.2) is 73.3 Å². The number of hydrogen-bond donors (Lipinski definition) is 2. The average Bonchev–Trinajstić information content (AvgIpc) is 3.82. The Morgan fingerprint density at radius 3 is 1.16 bits per heavy atom. The van der Waals surface area contributed by atoms with Crippen molar-refractivity contribution in [1.29, 1.82) is 0 Å². The monoisotopic (exact) mass is 770 g/mol. The first kappa shape index (κ1) is 38.6. The van der Waals surface area contributed by atoms with Gasteiger partial charge in [0.1, 0.15) is 24.7 Å². The minimum absolute atomic E-state index is 0.458. The number of fused-ring (bicyclic) bond motifs is 8. The van der Waals surface area contributed by atoms with Gasteiger partial charge in [-0.25, -0.2) is 0 Å². The van der Waals surface area contributed by atoms with Crippen molar-refractivity contribution in [3.63, 3.8) is 0 Å². The highest BCUT2D eigenvalue weighted by Gasteiger charge is 2.16. The summed E-state index contributed by atoms with van der Waals surface area (Å²) < 4.78 is 40.3. The summed E-state index contributed by atoms with van der Waals surface area (Å²) in [5, 5.41) is 9.54. The number of rotatable bonds is 20. The van der Waals surface area contributed by atoms with Gasteiger partial charge in [-0.1, -0.05) is 0 Å². The van der Waals surface area contributed by atoms with E-state index in [1.54, 1.807) is 0 Å². The van der Waals surface area contributed by atoms with Crippen molar-refractivity contribution in [2.75, 3.05) is 79.3 Å². The minimum atomic E-state index is 0.458. The van der Waals surface area contributed by atoms with E-state index in [0.29, 0.717) is 79.3 Å². The zero-order valence-electron chi connectivity index (χ0n) is 33.2. The van der Waals surface area contributed by atoms with Crippen LogP contribution in [0.2, 0.25) is 0 Å². The van der Waals surface area contributed by atoms with Crippen LogP contribution in [0, 0.1) is 27.7 Å². The van der Waals surface area contributed by atoms with E-state index >= 15 is 0 Å². The Kier molecular flexibility index (Phi) is 12.1. The third kappa shape index (κ3) is 8.25. The molecule has 0 saturated carbocycles. The third-order valence-corrected chi connectivity index (χ3v) is 10.8. The molecule has 0 aliphatic carbocycles. The molecule has 0 spiro atoms. The summed E-state index contributed by atoms with van der Waals surface area (Å²) in [4.78, 5) is 15.9. The van der Waals surface area contributed by atoms with E-state index < -0.39 is 0 Å². The first-order valence-electron chi connectivity index (χ1n) is 19.7. The van der Waals surface area contributed by atoms with E-state index in [1.165, 1.54) is 54.6 Å². The van der Waals surface area contributed by atoms with Gasteiger partial charge in [0.25, 0.3) is 0 Å². The molecule has 296 valence electrons. The van der Waals surface area contributed by atoms with Gasteiger partial charge < -0.3 is 43.1 Å². The van der Waals surface area contributed by atoms with E-state index in [1.807, 2.05) is 36.9 Å². The van der Waals surface area contributed by atoms with Gasteiger partial charge in [0.15, 0.2) is 0 Å². The van der Waals surface area contributed by atoms with Crippen LogP contribution in [0.1, 0.15) is 22.3 Å². The number of benzene rings is 4. The summed E-state index contributed by atoms with van der Waals surface area (Å²) in [5.74, 6) is 1.64. The fraction of sp³-hybridized carbons (Fsp3) is 0.348. The standard InChI is InChI=1S/C46H50N4O7/c1-29-39-27-47-11-9-35(39)31(3)45-43(29)37-25-33(5-7-41(37)49-45)56-23-21-54-19-17-52-15-13-51-14-16-53-18-20-55-22-24-57-34-6-8-42-38(26-34)44-30(2)40-28-48-12-10-36(40)32(4)46(44)50-42/h5-12,25-28,49-50H,13-24H2,1-4H3. The number of H-pyrrole nitrogens is 2. The molecule has 0 atom stereocenters. The normalized spacial score (nSPS) is 12.0. The van der Waals surface area contributed by atoms with Gasteiger partial charge >= 0.3 is 0 Å². The van der Waals surface area contributed by atoms with Crippen LogP contribution in [0.4, 0.5) is 0 Å². The molecule has 11 heteroatoms. The Balaban J connectivity index is 0.643. The van der Waals surface area contributed by atoms with Crippen LogP contribution in [0.3, 0.4) is 0 Å². The smallest absolute Gasteiger partial charge is 0.120 e. The molecular formula is C46H50N4O7. The fourth-order valence-electron chi connectivity index (χ4n) is 7.86. The summed E-state index contributed by atoms with van der Waals surface area (Å²) in [7, 11) is 0. The van der Waals surface area contributed by atoms with E-state index in [4.69, 9.17) is 33.2 Å². The van der Waals surface area contributed by atoms with E-state index in [-0.39, 0.29) is 0 Å². The van der Waals surface area contributed by atoms with Gasteiger partial charge in [0, 0.05) is 68.1 Å². The van der Waals surface area contributed by atoms with E-state index in [9.17, 15) is 0 Å². The number of hydrogen-bond acceptors (Lipinski definition) is 9. The molecule has 2 N–H and O–H groups in total. The summed E-state index contributed by atoms with van der Waals surface area (Å²) in [6.45, 7) is 14.5. The lowest BCUT2D eigenvalue weighted by atomic mass is 9.97. The molecular weight excluding hydrogens is 721 g/mol. The Morgan fingerprint density at radius 2 is 0.772 bits per heavy atom. The fourth-order valence-corrected chi connectivity index (χ4v) is 7.86. The molecule has 8 aromatic rings. The molecule has 0 fully saturated rings. The highest BCUT2D eigenvalue weighted by Crippen LogP contribution is 2.39. The van der Waals surface area contributed by atoms with Gasteiger partial charge in [0.05, 0.1) is 77.1 Å². The average molecular weight is 771 g/mol. The predicted octanol–water partition coefficient (Wildman–Crippen LogP) is 8.83. The molecule has 57 heavy (non-hydrogen) atoms. The molecule has 0 saturated heterocycles. The van der Waals surface area contributed by atoms with Crippen LogP contribution in [0.5, 0.6) is 11.5 Å². The lowest BCUT2D eigenvalue weighted by Crippen LogP contribution is -2.15. The molecule has 4 aromatic carbocycles. The lowest BCUT2D eigenvalue weighted by molar-refractivity contribution is -0.0141. The maximum atomic E-state index is 6.03. The van der Waals surface area contributed by atoms with Crippen molar-refractivity contribution >= 4 is 65.2 Å². The summed E-state index contributed by atoms with van der Waals surface area (Å²) in [6, 6.07) is 16.5. The molecule has 8 rings (SSSR count). The number of nitrogens with one attached hydrogen (secondary N) is 2. The van der Waals surface area contributed by atoms with Gasteiger partial charge in [0.2, 0.25) is 0 Å². The van der Waals surface area contributed by atoms with Crippen molar-refractivity contribution in [2.45, 2.75) is 27.7 Å². The second-order valence-corrected chi connectivity index (χ2v) is 14.3. The number of pyridine rings is 2. The van der Waals surface area contributed by atoms with Crippen LogP contribution in [-0.4, -0.2) is 99.2 Å². The molecule has 11 nitrogen and oxygen atoms in total. The number of ether oxygens (including phenoxy) is 7. The molecule has 0 amide bonds. The van der Waals surface area contributed by atoms with Crippen molar-refractivity contribution < 1.29 is 33.2 Å². The zero-order chi connectivity index (χ0) is 39.1. The van der Waals surface area contributed by atoms with Crippen LogP contribution in [0.25, 0.3) is 65.2 Å². The SMILES string of the molecule is Cc1c2ccncc2c(C)c2c1[nH]c1ccc(OCCOCCOCCOCCOCCOCCOc3ccc4[nH]c5c(C)c6ccncc6c(C)c5c4c3)cc12. The minimum Gasteiger partial charge on any atom is -0.491 e. The molecule has 0 aliphatic rings. The van der Waals surface area contributed by atoms with Crippen molar-refractivity contribution in [2.24, 2.45) is 0 Å². The van der Waals surface area contributed by atoms with Crippen LogP contribution in [-0.2, 0) is 23.7 Å². The predicted molar refractivity (Wildman–Crippen MR) is 226 cm³/mol. The number of aromatic nitrogens is 4. The Morgan fingerprint density at radius 1 is 0.404 bits per heavy atom. The molecule has 4 heterocycles. The van der Waals surface area contributed by atoms with E-state index in [2.05, 4.69) is 84.0 Å². The van der Waals surface area contributed by atoms with Gasteiger partial charge in [-0.15, -0.1) is 0 Å². The number of nitrogens with zero attached hydrogens (tertiary/aromatic N) is 2. The Labute approximate surface area is 331 Å². The number of aryl methyl sites for hydroxylation is 4. The summed E-state index contributed by atoms with van der Waals surface area (Å²) in [5.41, 5.74) is 9.41. The first-order chi connectivity index (χ1) is 28.0. The van der Waals surface area contributed by atoms with Crippen molar-refractivity contribution in [3.05, 3.63) is 95.6 Å². The van der Waals surface area contributed by atoms with E-state index in [0.717, 1.165) is 44.3 Å². The zero-order valence-corrected chi connectivity index (χ0v) is 33.2. The second-order valence-electron chi connectivity index (χ2n) is 14.3. The topological polar surface area (TPSA) is 122 Å². The highest BCUT2D eigenvalue weighted by molar-refractivity contribution is 6.17. The van der Waals surface area contributed by atoms with Crippen molar-refractivity contribution in [1.82, 2.24) is 19.9 Å². The highest BCUT2D eigenvalue weighted by atomic mass is 16.6. The summed E-state index contributed by atoms with van der Waals surface area (Å²) in [6.07, 6.45) is 7.60. The first-order valence-corrected chi connectivity index (χ1v) is 19.7. The van der Waals surface area contributed by atoms with Crippen molar-refractivity contribution in [3.8, 4) is 11.5 Å². The largest absolute Gasteiger partial charge is 0.491 e. The maximum Gasteiger partial charge on any atom is 0.120 e. The van der Waals surface area contributed by atoms with Gasteiger partial charge in [-0.3, -0.25) is 9.97 Å². The molecule has 4 aromatic heterocycles. The maximum absolute atomic E-state index is 6.03. The quantitative estimate of drug-likeness (QED) is 0.0733. The Bertz CT molecular complexity index is 2470.